The number of nitrogens with one attached hydrogen (secondary N) is 1. The van der Waals surface area contributed by atoms with Gasteiger partial charge in [0.05, 0.1) is 10.6 Å². The maximum absolute atomic E-state index is 12.2. The second kappa shape index (κ2) is 6.60. The van der Waals surface area contributed by atoms with E-state index in [0.717, 1.165) is 19.3 Å². The van der Waals surface area contributed by atoms with E-state index in [9.17, 15) is 13.2 Å². The monoisotopic (exact) mass is 309 g/mol. The fourth-order valence-electron chi connectivity index (χ4n) is 2.81. The lowest BCUT2D eigenvalue weighted by molar-refractivity contribution is 0.0921. The smallest absolute Gasteiger partial charge is 0.251 e. The Morgan fingerprint density at radius 2 is 1.90 bits per heavy atom. The van der Waals surface area contributed by atoms with Crippen molar-refractivity contribution >= 4 is 15.7 Å². The van der Waals surface area contributed by atoms with Crippen LogP contribution in [-0.2, 0) is 9.84 Å². The Hall–Kier alpha value is -1.36. The van der Waals surface area contributed by atoms with Gasteiger partial charge in [-0.25, -0.2) is 8.42 Å². The van der Waals surface area contributed by atoms with Crippen LogP contribution in [-0.4, -0.2) is 26.1 Å². The third-order valence-electron chi connectivity index (χ3n) is 4.13. The SMILES string of the molecule is CCS(=O)(=O)c1ccc(C(=O)NC2CCCC(C)C2)cc1. The van der Waals surface area contributed by atoms with E-state index < -0.39 is 9.84 Å². The summed E-state index contributed by atoms with van der Waals surface area (Å²) in [5.41, 5.74) is 0.517. The molecule has 1 fully saturated rings. The highest BCUT2D eigenvalue weighted by Crippen LogP contribution is 2.23. The molecule has 0 saturated heterocycles. The van der Waals surface area contributed by atoms with Crippen LogP contribution in [0.2, 0.25) is 0 Å². The van der Waals surface area contributed by atoms with Crippen molar-refractivity contribution in [2.45, 2.75) is 50.5 Å². The zero-order chi connectivity index (χ0) is 15.5. The summed E-state index contributed by atoms with van der Waals surface area (Å²) < 4.78 is 23.5. The van der Waals surface area contributed by atoms with Crippen molar-refractivity contribution in [2.75, 3.05) is 5.75 Å². The predicted octanol–water partition coefficient (Wildman–Crippen LogP) is 2.79. The van der Waals surface area contributed by atoms with Crippen LogP contribution in [0, 0.1) is 5.92 Å². The number of carbonyl (C=O) groups excluding carboxylic acids is 1. The highest BCUT2D eigenvalue weighted by atomic mass is 32.2. The van der Waals surface area contributed by atoms with Crippen molar-refractivity contribution in [3.63, 3.8) is 0 Å². The number of carbonyl (C=O) groups is 1. The van der Waals surface area contributed by atoms with Gasteiger partial charge in [-0.2, -0.15) is 0 Å². The van der Waals surface area contributed by atoms with Crippen LogP contribution in [0.3, 0.4) is 0 Å². The van der Waals surface area contributed by atoms with Gasteiger partial charge in [-0.15, -0.1) is 0 Å². The van der Waals surface area contributed by atoms with E-state index in [1.807, 2.05) is 0 Å². The number of amides is 1. The minimum atomic E-state index is -3.21. The molecule has 1 aromatic rings. The van der Waals surface area contributed by atoms with Gasteiger partial charge in [-0.05, 0) is 43.0 Å². The Morgan fingerprint density at radius 3 is 2.48 bits per heavy atom. The van der Waals surface area contributed by atoms with Gasteiger partial charge in [0.2, 0.25) is 0 Å². The van der Waals surface area contributed by atoms with Gasteiger partial charge in [0.25, 0.3) is 5.91 Å². The third kappa shape index (κ3) is 4.06. The molecule has 1 amide bonds. The summed E-state index contributed by atoms with van der Waals surface area (Å²) in [6.45, 7) is 3.82. The summed E-state index contributed by atoms with van der Waals surface area (Å²) in [5.74, 6) is 0.606. The number of hydrogen-bond donors (Lipinski definition) is 1. The summed E-state index contributed by atoms with van der Waals surface area (Å²) in [7, 11) is -3.21. The highest BCUT2D eigenvalue weighted by molar-refractivity contribution is 7.91. The third-order valence-corrected chi connectivity index (χ3v) is 5.88. The van der Waals surface area contributed by atoms with E-state index in [1.165, 1.54) is 18.6 Å². The van der Waals surface area contributed by atoms with Crippen LogP contribution >= 0.6 is 0 Å². The maximum atomic E-state index is 12.2. The number of sulfone groups is 1. The first-order valence-corrected chi connectivity index (χ1v) is 9.21. The van der Waals surface area contributed by atoms with Crippen LogP contribution in [0.15, 0.2) is 29.2 Å². The molecule has 2 unspecified atom stereocenters. The summed E-state index contributed by atoms with van der Waals surface area (Å²) in [6.07, 6.45) is 4.43. The Labute approximate surface area is 126 Å². The molecule has 116 valence electrons. The van der Waals surface area contributed by atoms with Crippen LogP contribution in [0.4, 0.5) is 0 Å². The molecule has 4 nitrogen and oxygen atoms in total. The van der Waals surface area contributed by atoms with E-state index in [2.05, 4.69) is 12.2 Å². The molecule has 0 heterocycles. The summed E-state index contributed by atoms with van der Waals surface area (Å²) >= 11 is 0. The maximum Gasteiger partial charge on any atom is 0.251 e. The molecule has 0 bridgehead atoms. The fraction of sp³-hybridized carbons (Fsp3) is 0.562. The Balaban J connectivity index is 2.03. The van der Waals surface area contributed by atoms with Crippen LogP contribution < -0.4 is 5.32 Å². The molecular weight excluding hydrogens is 286 g/mol. The molecule has 21 heavy (non-hydrogen) atoms. The first-order chi connectivity index (χ1) is 9.92. The highest BCUT2D eigenvalue weighted by Gasteiger charge is 2.21. The molecule has 0 aromatic heterocycles. The fourth-order valence-corrected chi connectivity index (χ4v) is 3.70. The quantitative estimate of drug-likeness (QED) is 0.930. The van der Waals surface area contributed by atoms with Crippen molar-refractivity contribution in [2.24, 2.45) is 5.92 Å². The molecule has 2 rings (SSSR count). The van der Waals surface area contributed by atoms with Crippen LogP contribution in [0.25, 0.3) is 0 Å². The minimum absolute atomic E-state index is 0.0680. The first-order valence-electron chi connectivity index (χ1n) is 7.56. The molecule has 0 aliphatic heterocycles. The molecule has 1 aliphatic rings. The predicted molar refractivity (Wildman–Crippen MR) is 83.1 cm³/mol. The first kappa shape index (κ1) is 16.0. The Morgan fingerprint density at radius 1 is 1.24 bits per heavy atom. The van der Waals surface area contributed by atoms with Gasteiger partial charge < -0.3 is 5.32 Å². The minimum Gasteiger partial charge on any atom is -0.349 e. The molecule has 5 heteroatoms. The van der Waals surface area contributed by atoms with E-state index in [4.69, 9.17) is 0 Å². The summed E-state index contributed by atoms with van der Waals surface area (Å²) in [6, 6.07) is 6.43. The molecule has 0 radical (unpaired) electrons. The average molecular weight is 309 g/mol. The largest absolute Gasteiger partial charge is 0.349 e. The molecular formula is C16H23NO3S. The second-order valence-electron chi connectivity index (χ2n) is 5.87. The second-order valence-corrected chi connectivity index (χ2v) is 8.15. The lowest BCUT2D eigenvalue weighted by atomic mass is 9.87. The van der Waals surface area contributed by atoms with Gasteiger partial charge in [0.1, 0.15) is 0 Å². The Kier molecular flexibility index (Phi) is 5.04. The van der Waals surface area contributed by atoms with Gasteiger partial charge in [-0.1, -0.05) is 26.7 Å². The Bertz CT molecular complexity index is 592. The van der Waals surface area contributed by atoms with E-state index >= 15 is 0 Å². The van der Waals surface area contributed by atoms with Crippen molar-refractivity contribution < 1.29 is 13.2 Å². The topological polar surface area (TPSA) is 63.2 Å². The van der Waals surface area contributed by atoms with Gasteiger partial charge in [-0.3, -0.25) is 4.79 Å². The van der Waals surface area contributed by atoms with E-state index in [-0.39, 0.29) is 22.6 Å². The number of benzene rings is 1. The van der Waals surface area contributed by atoms with Crippen molar-refractivity contribution in [3.05, 3.63) is 29.8 Å². The van der Waals surface area contributed by atoms with Gasteiger partial charge in [0.15, 0.2) is 9.84 Å². The van der Waals surface area contributed by atoms with Crippen molar-refractivity contribution in [3.8, 4) is 0 Å². The molecule has 0 spiro atoms. The van der Waals surface area contributed by atoms with Crippen LogP contribution in [0.1, 0.15) is 49.9 Å². The standard InChI is InChI=1S/C16H23NO3S/c1-3-21(19,20)15-9-7-13(8-10-15)16(18)17-14-6-4-5-12(2)11-14/h7-10,12,14H,3-6,11H2,1-2H3,(H,17,18). The normalized spacial score (nSPS) is 22.8. The van der Waals surface area contributed by atoms with E-state index in [1.54, 1.807) is 19.1 Å². The zero-order valence-corrected chi connectivity index (χ0v) is 13.4. The summed E-state index contributed by atoms with van der Waals surface area (Å²) in [4.78, 5) is 12.5. The average Bonchev–Trinajstić information content (AvgIpc) is 2.47. The summed E-state index contributed by atoms with van der Waals surface area (Å²) in [5, 5.41) is 3.05. The van der Waals surface area contributed by atoms with Crippen molar-refractivity contribution in [1.82, 2.24) is 5.32 Å². The lowest BCUT2D eigenvalue weighted by Crippen LogP contribution is -2.37. The molecule has 1 N–H and O–H groups in total. The number of hydrogen-bond acceptors (Lipinski definition) is 3. The molecule has 1 aromatic carbocycles. The molecule has 2 atom stereocenters. The lowest BCUT2D eigenvalue weighted by Gasteiger charge is -2.27. The number of rotatable bonds is 4. The van der Waals surface area contributed by atoms with Gasteiger partial charge >= 0.3 is 0 Å². The van der Waals surface area contributed by atoms with E-state index in [0.29, 0.717) is 11.5 Å². The van der Waals surface area contributed by atoms with Crippen LogP contribution in [0.5, 0.6) is 0 Å². The zero-order valence-electron chi connectivity index (χ0n) is 12.6. The van der Waals surface area contributed by atoms with Crippen molar-refractivity contribution in [1.29, 1.82) is 0 Å². The molecule has 1 saturated carbocycles. The van der Waals surface area contributed by atoms with Gasteiger partial charge in [0, 0.05) is 11.6 Å². The molecule has 1 aliphatic carbocycles.